The molecule has 1 saturated heterocycles. The van der Waals surface area contributed by atoms with Gasteiger partial charge in [0.25, 0.3) is 0 Å². The van der Waals surface area contributed by atoms with Crippen molar-refractivity contribution in [1.82, 2.24) is 10.2 Å². The Balaban J connectivity index is 1.46. The highest BCUT2D eigenvalue weighted by atomic mass is 19.4. The average Bonchev–Trinajstić information content (AvgIpc) is 3.18. The van der Waals surface area contributed by atoms with Crippen LogP contribution in [0.15, 0.2) is 54.6 Å². The molecule has 0 spiro atoms. The SMILES string of the molecule is O=C(/C=C/c1ccc(C(F)(F)F)cc1)NCc1ccc(CN2CCCC2)cc1. The molecule has 2 aromatic carbocycles. The molecule has 1 fully saturated rings. The number of rotatable bonds is 6. The monoisotopic (exact) mass is 388 g/mol. The molecule has 0 aromatic heterocycles. The molecule has 1 heterocycles. The molecule has 3 nitrogen and oxygen atoms in total. The topological polar surface area (TPSA) is 32.3 Å². The van der Waals surface area contributed by atoms with Crippen LogP contribution >= 0.6 is 0 Å². The molecule has 0 bridgehead atoms. The molecule has 28 heavy (non-hydrogen) atoms. The predicted molar refractivity (Wildman–Crippen MR) is 103 cm³/mol. The summed E-state index contributed by atoms with van der Waals surface area (Å²) < 4.78 is 37.6. The van der Waals surface area contributed by atoms with Gasteiger partial charge in [0.1, 0.15) is 0 Å². The molecule has 3 rings (SSSR count). The van der Waals surface area contributed by atoms with Crippen molar-refractivity contribution in [2.45, 2.75) is 32.1 Å². The Morgan fingerprint density at radius 2 is 1.57 bits per heavy atom. The van der Waals surface area contributed by atoms with Crippen molar-refractivity contribution >= 4 is 12.0 Å². The summed E-state index contributed by atoms with van der Waals surface area (Å²) in [6, 6.07) is 12.9. The molecular weight excluding hydrogens is 365 g/mol. The number of benzene rings is 2. The number of carbonyl (C=O) groups excluding carboxylic acids is 1. The van der Waals surface area contributed by atoms with E-state index >= 15 is 0 Å². The normalized spacial score (nSPS) is 15.2. The van der Waals surface area contributed by atoms with Crippen molar-refractivity contribution in [3.05, 3.63) is 76.9 Å². The van der Waals surface area contributed by atoms with Gasteiger partial charge in [-0.2, -0.15) is 13.2 Å². The van der Waals surface area contributed by atoms with E-state index in [1.165, 1.54) is 42.7 Å². The smallest absolute Gasteiger partial charge is 0.348 e. The third-order valence-electron chi connectivity index (χ3n) is 4.76. The van der Waals surface area contributed by atoms with Crippen molar-refractivity contribution in [2.75, 3.05) is 13.1 Å². The minimum absolute atomic E-state index is 0.291. The minimum Gasteiger partial charge on any atom is -0.348 e. The fraction of sp³-hybridized carbons (Fsp3) is 0.318. The Kier molecular flexibility index (Phi) is 6.52. The summed E-state index contributed by atoms with van der Waals surface area (Å²) in [5.74, 6) is -0.291. The molecule has 6 heteroatoms. The summed E-state index contributed by atoms with van der Waals surface area (Å²) in [4.78, 5) is 14.4. The minimum atomic E-state index is -4.36. The van der Waals surface area contributed by atoms with Crippen LogP contribution in [0.4, 0.5) is 13.2 Å². The molecular formula is C22H23F3N2O. The van der Waals surface area contributed by atoms with Gasteiger partial charge in [0.05, 0.1) is 5.56 Å². The van der Waals surface area contributed by atoms with Gasteiger partial charge < -0.3 is 5.32 Å². The van der Waals surface area contributed by atoms with Crippen LogP contribution in [0.25, 0.3) is 6.08 Å². The number of hydrogen-bond acceptors (Lipinski definition) is 2. The Labute approximate surface area is 162 Å². The number of nitrogens with zero attached hydrogens (tertiary/aromatic N) is 1. The van der Waals surface area contributed by atoms with E-state index in [4.69, 9.17) is 0 Å². The number of alkyl halides is 3. The van der Waals surface area contributed by atoms with E-state index in [9.17, 15) is 18.0 Å². The van der Waals surface area contributed by atoms with E-state index in [-0.39, 0.29) is 5.91 Å². The number of hydrogen-bond donors (Lipinski definition) is 1. The lowest BCUT2D eigenvalue weighted by atomic mass is 10.1. The second-order valence-electron chi connectivity index (χ2n) is 6.97. The fourth-order valence-corrected chi connectivity index (χ4v) is 3.16. The molecule has 0 aliphatic carbocycles. The molecule has 1 N–H and O–H groups in total. The molecule has 2 aromatic rings. The highest BCUT2D eigenvalue weighted by molar-refractivity contribution is 5.91. The zero-order valence-electron chi connectivity index (χ0n) is 15.5. The van der Waals surface area contributed by atoms with Crippen molar-refractivity contribution in [3.63, 3.8) is 0 Å². The Morgan fingerprint density at radius 1 is 0.964 bits per heavy atom. The van der Waals surface area contributed by atoms with Crippen molar-refractivity contribution < 1.29 is 18.0 Å². The first kappa shape index (κ1) is 20.1. The number of likely N-dealkylation sites (tertiary alicyclic amines) is 1. The van der Waals surface area contributed by atoms with E-state index in [0.29, 0.717) is 12.1 Å². The summed E-state index contributed by atoms with van der Waals surface area (Å²) in [5, 5.41) is 2.78. The maximum Gasteiger partial charge on any atom is 0.416 e. The first-order chi connectivity index (χ1) is 13.4. The maximum atomic E-state index is 12.5. The zero-order valence-corrected chi connectivity index (χ0v) is 15.5. The van der Waals surface area contributed by atoms with Gasteiger partial charge in [-0.25, -0.2) is 0 Å². The van der Waals surface area contributed by atoms with E-state index in [2.05, 4.69) is 22.3 Å². The van der Waals surface area contributed by atoms with Crippen LogP contribution in [-0.4, -0.2) is 23.9 Å². The highest BCUT2D eigenvalue weighted by Crippen LogP contribution is 2.29. The second-order valence-corrected chi connectivity index (χ2v) is 6.97. The molecule has 0 unspecified atom stereocenters. The van der Waals surface area contributed by atoms with Crippen LogP contribution in [0.1, 0.15) is 35.1 Å². The van der Waals surface area contributed by atoms with Crippen LogP contribution in [0.5, 0.6) is 0 Å². The summed E-state index contributed by atoms with van der Waals surface area (Å²) in [5.41, 5.74) is 2.09. The number of halogens is 3. The van der Waals surface area contributed by atoms with E-state index in [0.717, 1.165) is 37.3 Å². The van der Waals surface area contributed by atoms with Crippen LogP contribution < -0.4 is 5.32 Å². The molecule has 1 amide bonds. The van der Waals surface area contributed by atoms with Gasteiger partial charge in [0.15, 0.2) is 0 Å². The average molecular weight is 388 g/mol. The molecule has 0 radical (unpaired) electrons. The third kappa shape index (κ3) is 5.96. The third-order valence-corrected chi connectivity index (χ3v) is 4.76. The van der Waals surface area contributed by atoms with E-state index in [1.807, 2.05) is 12.1 Å². The maximum absolute atomic E-state index is 12.5. The zero-order chi connectivity index (χ0) is 20.0. The first-order valence-electron chi connectivity index (χ1n) is 9.33. The van der Waals surface area contributed by atoms with Gasteiger partial charge in [-0.15, -0.1) is 0 Å². The summed E-state index contributed by atoms with van der Waals surface area (Å²) in [7, 11) is 0. The number of nitrogens with one attached hydrogen (secondary N) is 1. The lowest BCUT2D eigenvalue weighted by Crippen LogP contribution is -2.20. The van der Waals surface area contributed by atoms with Gasteiger partial charge in [-0.1, -0.05) is 36.4 Å². The molecule has 1 aliphatic heterocycles. The van der Waals surface area contributed by atoms with Gasteiger partial charge in [-0.05, 0) is 60.8 Å². The van der Waals surface area contributed by atoms with Gasteiger partial charge in [0.2, 0.25) is 5.91 Å². The van der Waals surface area contributed by atoms with E-state index in [1.54, 1.807) is 0 Å². The fourth-order valence-electron chi connectivity index (χ4n) is 3.16. The second kappa shape index (κ2) is 9.06. The summed E-state index contributed by atoms with van der Waals surface area (Å²) in [6.45, 7) is 3.68. The number of carbonyl (C=O) groups is 1. The predicted octanol–water partition coefficient (Wildman–Crippen LogP) is 4.63. The first-order valence-corrected chi connectivity index (χ1v) is 9.33. The molecule has 148 valence electrons. The Hall–Kier alpha value is -2.60. The van der Waals surface area contributed by atoms with Crippen molar-refractivity contribution in [3.8, 4) is 0 Å². The quantitative estimate of drug-likeness (QED) is 0.732. The lowest BCUT2D eigenvalue weighted by molar-refractivity contribution is -0.137. The molecule has 0 atom stereocenters. The standard InChI is InChI=1S/C22H23F3N2O/c23-22(24,25)20-10-7-17(8-11-20)9-12-21(28)26-15-18-3-5-19(6-4-18)16-27-13-1-2-14-27/h3-12H,1-2,13-16H2,(H,26,28)/b12-9+. The Bertz CT molecular complexity index is 805. The van der Waals surface area contributed by atoms with Gasteiger partial charge in [-0.3, -0.25) is 9.69 Å². The highest BCUT2D eigenvalue weighted by Gasteiger charge is 2.29. The Morgan fingerprint density at radius 3 is 2.18 bits per heavy atom. The van der Waals surface area contributed by atoms with Crippen LogP contribution in [0, 0.1) is 0 Å². The van der Waals surface area contributed by atoms with Crippen LogP contribution in [-0.2, 0) is 24.1 Å². The largest absolute Gasteiger partial charge is 0.416 e. The van der Waals surface area contributed by atoms with E-state index < -0.39 is 11.7 Å². The van der Waals surface area contributed by atoms with Crippen molar-refractivity contribution in [1.29, 1.82) is 0 Å². The van der Waals surface area contributed by atoms with Gasteiger partial charge >= 0.3 is 6.18 Å². The lowest BCUT2D eigenvalue weighted by Gasteiger charge is -2.14. The molecule has 1 aliphatic rings. The number of amides is 1. The molecule has 0 saturated carbocycles. The summed E-state index contributed by atoms with van der Waals surface area (Å²) in [6.07, 6.45) is 0.997. The van der Waals surface area contributed by atoms with Gasteiger partial charge in [0, 0.05) is 19.2 Å². The van der Waals surface area contributed by atoms with Crippen LogP contribution in [0.3, 0.4) is 0 Å². The van der Waals surface area contributed by atoms with Crippen LogP contribution in [0.2, 0.25) is 0 Å². The summed E-state index contributed by atoms with van der Waals surface area (Å²) >= 11 is 0. The van der Waals surface area contributed by atoms with Crippen molar-refractivity contribution in [2.24, 2.45) is 0 Å².